The lowest BCUT2D eigenvalue weighted by Gasteiger charge is -2.20. The van der Waals surface area contributed by atoms with Crippen molar-refractivity contribution in [1.29, 1.82) is 0 Å². The molecule has 0 N–H and O–H groups in total. The molecule has 7 nitrogen and oxygen atoms in total. The number of benzene rings is 2. The Morgan fingerprint density at radius 3 is 2.36 bits per heavy atom. The molecule has 0 aliphatic carbocycles. The minimum absolute atomic E-state index is 0.0272. The van der Waals surface area contributed by atoms with Crippen LogP contribution in [0.5, 0.6) is 0 Å². The highest BCUT2D eigenvalue weighted by Gasteiger charge is 2.21. The summed E-state index contributed by atoms with van der Waals surface area (Å²) in [4.78, 5) is 36.3. The summed E-state index contributed by atoms with van der Waals surface area (Å²) in [5, 5.41) is 11.1. The molecule has 0 saturated carbocycles. The first-order valence-corrected chi connectivity index (χ1v) is 7.96. The highest BCUT2D eigenvalue weighted by atomic mass is 79.9. The monoisotopic (exact) mass is 406 g/mol. The van der Waals surface area contributed by atoms with Crippen molar-refractivity contribution in [2.24, 2.45) is 0 Å². The maximum absolute atomic E-state index is 12.8. The maximum atomic E-state index is 12.8. The lowest BCUT2D eigenvalue weighted by atomic mass is 10.1. The van der Waals surface area contributed by atoms with E-state index in [1.807, 2.05) is 13.0 Å². The molecule has 0 heterocycles. The fraction of sp³-hybridized carbons (Fsp3) is 0.176. The Balaban J connectivity index is 2.48. The summed E-state index contributed by atoms with van der Waals surface area (Å²) >= 11 is 3.36. The number of methoxy groups -OCH3 is 1. The molecule has 0 unspecified atom stereocenters. The number of carbonyl (C=O) groups excluding carboxylic acids is 2. The molecule has 130 valence electrons. The zero-order valence-corrected chi connectivity index (χ0v) is 15.4. The number of nitro benzene ring substituents is 1. The van der Waals surface area contributed by atoms with Gasteiger partial charge in [0.05, 0.1) is 17.6 Å². The Morgan fingerprint density at radius 1 is 1.16 bits per heavy atom. The second kappa shape index (κ2) is 7.43. The van der Waals surface area contributed by atoms with Gasteiger partial charge in [-0.2, -0.15) is 0 Å². The Morgan fingerprint density at radius 2 is 1.80 bits per heavy atom. The van der Waals surface area contributed by atoms with Gasteiger partial charge in [0.25, 0.3) is 11.6 Å². The maximum Gasteiger partial charge on any atom is 0.338 e. The lowest BCUT2D eigenvalue weighted by Crippen LogP contribution is -2.27. The summed E-state index contributed by atoms with van der Waals surface area (Å²) in [5.41, 5.74) is 1.12. The number of rotatable bonds is 4. The Labute approximate surface area is 152 Å². The van der Waals surface area contributed by atoms with Crippen LogP contribution in [0.25, 0.3) is 0 Å². The highest BCUT2D eigenvalue weighted by molar-refractivity contribution is 9.10. The van der Waals surface area contributed by atoms with Gasteiger partial charge in [0.2, 0.25) is 0 Å². The average molecular weight is 407 g/mol. The van der Waals surface area contributed by atoms with E-state index in [1.54, 1.807) is 19.2 Å². The molecule has 2 aromatic carbocycles. The minimum Gasteiger partial charge on any atom is -0.465 e. The van der Waals surface area contributed by atoms with E-state index >= 15 is 0 Å². The standard InChI is InChI=1S/C17H15BrN2O5/c1-10-6-13(18)4-5-15(10)19(2)16(21)11-7-12(17(22)25-3)9-14(8-11)20(23)24/h4-9H,1-3H3. The van der Waals surface area contributed by atoms with Gasteiger partial charge in [-0.3, -0.25) is 14.9 Å². The number of amides is 1. The summed E-state index contributed by atoms with van der Waals surface area (Å²) in [7, 11) is 2.73. The second-order valence-corrected chi connectivity index (χ2v) is 6.23. The van der Waals surface area contributed by atoms with E-state index in [0.717, 1.165) is 22.2 Å². The van der Waals surface area contributed by atoms with Crippen LogP contribution in [0.1, 0.15) is 26.3 Å². The number of esters is 1. The molecule has 8 heteroatoms. The van der Waals surface area contributed by atoms with Crippen LogP contribution in [0, 0.1) is 17.0 Å². The molecule has 0 aliphatic rings. The molecule has 0 aliphatic heterocycles. The smallest absolute Gasteiger partial charge is 0.338 e. The van der Waals surface area contributed by atoms with E-state index in [1.165, 1.54) is 18.1 Å². The van der Waals surface area contributed by atoms with Crippen molar-refractivity contribution in [3.63, 3.8) is 0 Å². The van der Waals surface area contributed by atoms with Crippen LogP contribution in [-0.4, -0.2) is 31.0 Å². The Hall–Kier alpha value is -2.74. The molecule has 25 heavy (non-hydrogen) atoms. The molecule has 0 saturated heterocycles. The molecule has 0 fully saturated rings. The number of anilines is 1. The fourth-order valence-corrected chi connectivity index (χ4v) is 2.85. The number of carbonyl (C=O) groups is 2. The van der Waals surface area contributed by atoms with E-state index in [4.69, 9.17) is 0 Å². The molecule has 0 aromatic heterocycles. The van der Waals surface area contributed by atoms with Gasteiger partial charge in [-0.1, -0.05) is 15.9 Å². The van der Waals surface area contributed by atoms with Crippen molar-refractivity contribution >= 4 is 39.2 Å². The first kappa shape index (κ1) is 18.6. The zero-order chi connectivity index (χ0) is 18.7. The second-order valence-electron chi connectivity index (χ2n) is 5.31. The van der Waals surface area contributed by atoms with Gasteiger partial charge in [0.1, 0.15) is 0 Å². The molecule has 0 radical (unpaired) electrons. The quantitative estimate of drug-likeness (QED) is 0.438. The van der Waals surface area contributed by atoms with Crippen LogP contribution in [0.4, 0.5) is 11.4 Å². The van der Waals surface area contributed by atoms with Crippen LogP contribution in [-0.2, 0) is 4.74 Å². The summed E-state index contributed by atoms with van der Waals surface area (Å²) in [6.45, 7) is 1.84. The highest BCUT2D eigenvalue weighted by Crippen LogP contribution is 2.26. The third kappa shape index (κ3) is 4.03. The number of non-ortho nitro benzene ring substituents is 1. The number of ether oxygens (including phenoxy) is 1. The molecule has 0 spiro atoms. The third-order valence-corrected chi connectivity index (χ3v) is 4.11. The Kier molecular flexibility index (Phi) is 5.53. The summed E-state index contributed by atoms with van der Waals surface area (Å²) < 4.78 is 5.46. The van der Waals surface area contributed by atoms with E-state index < -0.39 is 16.8 Å². The van der Waals surface area contributed by atoms with Crippen molar-refractivity contribution in [2.45, 2.75) is 6.92 Å². The van der Waals surface area contributed by atoms with Crippen molar-refractivity contribution in [3.05, 3.63) is 67.7 Å². The topological polar surface area (TPSA) is 89.8 Å². The van der Waals surface area contributed by atoms with Crippen LogP contribution < -0.4 is 4.90 Å². The van der Waals surface area contributed by atoms with Gasteiger partial charge >= 0.3 is 5.97 Å². The first-order chi connectivity index (χ1) is 11.7. The molecule has 2 rings (SSSR count). The van der Waals surface area contributed by atoms with Crippen molar-refractivity contribution < 1.29 is 19.2 Å². The molecular formula is C17H15BrN2O5. The van der Waals surface area contributed by atoms with Gasteiger partial charge in [0.15, 0.2) is 0 Å². The largest absolute Gasteiger partial charge is 0.465 e. The van der Waals surface area contributed by atoms with Crippen LogP contribution in [0.2, 0.25) is 0 Å². The van der Waals surface area contributed by atoms with Gasteiger partial charge in [-0.05, 0) is 36.8 Å². The van der Waals surface area contributed by atoms with E-state index in [-0.39, 0.29) is 16.8 Å². The van der Waals surface area contributed by atoms with Crippen molar-refractivity contribution in [3.8, 4) is 0 Å². The van der Waals surface area contributed by atoms with Gasteiger partial charge in [0, 0.05) is 34.9 Å². The van der Waals surface area contributed by atoms with Crippen LogP contribution >= 0.6 is 15.9 Å². The number of aryl methyl sites for hydroxylation is 1. The van der Waals surface area contributed by atoms with Gasteiger partial charge < -0.3 is 9.64 Å². The predicted molar refractivity (Wildman–Crippen MR) is 96.0 cm³/mol. The molecule has 0 atom stereocenters. The number of halogens is 1. The van der Waals surface area contributed by atoms with Crippen LogP contribution in [0.15, 0.2) is 40.9 Å². The lowest BCUT2D eigenvalue weighted by molar-refractivity contribution is -0.384. The number of nitro groups is 1. The SMILES string of the molecule is COC(=O)c1cc(C(=O)N(C)c2ccc(Br)cc2C)cc([N+](=O)[O-])c1. The van der Waals surface area contributed by atoms with E-state index in [0.29, 0.717) is 5.69 Å². The zero-order valence-electron chi connectivity index (χ0n) is 13.8. The Bertz CT molecular complexity index is 866. The number of hydrogen-bond donors (Lipinski definition) is 0. The van der Waals surface area contributed by atoms with Gasteiger partial charge in [-0.25, -0.2) is 4.79 Å². The molecule has 1 amide bonds. The summed E-state index contributed by atoms with van der Waals surface area (Å²) in [5.74, 6) is -1.22. The van der Waals surface area contributed by atoms with Gasteiger partial charge in [-0.15, -0.1) is 0 Å². The van der Waals surface area contributed by atoms with Crippen LogP contribution in [0.3, 0.4) is 0 Å². The first-order valence-electron chi connectivity index (χ1n) is 7.16. The minimum atomic E-state index is -0.750. The number of hydrogen-bond acceptors (Lipinski definition) is 5. The molecule has 0 bridgehead atoms. The van der Waals surface area contributed by atoms with E-state index in [2.05, 4.69) is 20.7 Å². The molecular weight excluding hydrogens is 392 g/mol. The fourth-order valence-electron chi connectivity index (χ4n) is 2.37. The number of nitrogens with zero attached hydrogens (tertiary/aromatic N) is 2. The van der Waals surface area contributed by atoms with Crippen molar-refractivity contribution in [1.82, 2.24) is 0 Å². The van der Waals surface area contributed by atoms with Crippen molar-refractivity contribution in [2.75, 3.05) is 19.1 Å². The molecule has 2 aromatic rings. The normalized spacial score (nSPS) is 10.2. The predicted octanol–water partition coefficient (Wildman–Crippen LogP) is 3.73. The van der Waals surface area contributed by atoms with E-state index in [9.17, 15) is 19.7 Å². The third-order valence-electron chi connectivity index (χ3n) is 3.62. The summed E-state index contributed by atoms with van der Waals surface area (Å²) in [6.07, 6.45) is 0. The summed E-state index contributed by atoms with van der Waals surface area (Å²) in [6, 6.07) is 8.90. The average Bonchev–Trinajstić information content (AvgIpc) is 2.59.